The van der Waals surface area contributed by atoms with Gasteiger partial charge in [-0.25, -0.2) is 21.9 Å². The van der Waals surface area contributed by atoms with Gasteiger partial charge in [-0.2, -0.15) is 0 Å². The molecular weight excluding hydrogens is 306 g/mol. The van der Waals surface area contributed by atoms with Gasteiger partial charge in [-0.1, -0.05) is 18.6 Å². The maximum absolute atomic E-state index is 13.6. The van der Waals surface area contributed by atoms with E-state index in [1.165, 1.54) is 0 Å². The molecule has 1 fully saturated rings. The van der Waals surface area contributed by atoms with E-state index in [-0.39, 0.29) is 10.9 Å². The summed E-state index contributed by atoms with van der Waals surface area (Å²) in [4.78, 5) is -0.331. The van der Waals surface area contributed by atoms with Crippen molar-refractivity contribution in [1.29, 1.82) is 0 Å². The number of rotatable bonds is 4. The van der Waals surface area contributed by atoms with Crippen molar-refractivity contribution >= 4 is 27.2 Å². The van der Waals surface area contributed by atoms with E-state index in [4.69, 9.17) is 18.0 Å². The summed E-state index contributed by atoms with van der Waals surface area (Å²) >= 11 is 4.90. The van der Waals surface area contributed by atoms with Crippen LogP contribution in [0.5, 0.6) is 0 Å². The summed E-state index contributed by atoms with van der Waals surface area (Å²) < 4.78 is 53.1. The van der Waals surface area contributed by atoms with Crippen molar-refractivity contribution in [2.45, 2.75) is 30.2 Å². The van der Waals surface area contributed by atoms with Gasteiger partial charge in [0.15, 0.2) is 0 Å². The molecule has 110 valence electrons. The third-order valence-corrected chi connectivity index (χ3v) is 5.20. The van der Waals surface area contributed by atoms with Gasteiger partial charge >= 0.3 is 0 Å². The lowest BCUT2D eigenvalue weighted by molar-refractivity contribution is 0.513. The van der Waals surface area contributed by atoms with Gasteiger partial charge in [-0.05, 0) is 25.0 Å². The van der Waals surface area contributed by atoms with E-state index in [1.54, 1.807) is 0 Å². The first-order chi connectivity index (χ1) is 9.31. The van der Waals surface area contributed by atoms with Gasteiger partial charge in [0.1, 0.15) is 16.5 Å². The maximum atomic E-state index is 13.6. The topological polar surface area (TPSA) is 72.2 Å². The molecule has 1 aromatic rings. The number of sulfonamides is 1. The molecule has 0 spiro atoms. The van der Waals surface area contributed by atoms with Crippen molar-refractivity contribution in [3.8, 4) is 0 Å². The lowest BCUT2D eigenvalue weighted by atomic mass is 10.1. The fourth-order valence-electron chi connectivity index (χ4n) is 2.40. The van der Waals surface area contributed by atoms with Gasteiger partial charge in [-0.15, -0.1) is 0 Å². The molecule has 0 bridgehead atoms. The molecule has 0 radical (unpaired) electrons. The molecule has 3 N–H and O–H groups in total. The molecule has 0 amide bonds. The van der Waals surface area contributed by atoms with Crippen molar-refractivity contribution in [2.24, 2.45) is 11.7 Å². The van der Waals surface area contributed by atoms with Crippen molar-refractivity contribution in [2.75, 3.05) is 0 Å². The molecule has 2 rings (SSSR count). The predicted octanol–water partition coefficient (Wildman–Crippen LogP) is 1.70. The minimum absolute atomic E-state index is 0.233. The summed E-state index contributed by atoms with van der Waals surface area (Å²) in [5, 5.41) is 0. The Bertz CT molecular complexity index is 634. The number of halogens is 2. The number of nitrogens with one attached hydrogen (secondary N) is 1. The molecule has 0 aliphatic heterocycles. The Morgan fingerprint density at radius 3 is 2.65 bits per heavy atom. The molecule has 1 aliphatic rings. The molecule has 1 aromatic carbocycles. The molecule has 2 atom stereocenters. The Balaban J connectivity index is 2.25. The van der Waals surface area contributed by atoms with E-state index >= 15 is 0 Å². The molecular formula is C12H14F2N2O2S2. The van der Waals surface area contributed by atoms with Gasteiger partial charge in [0.25, 0.3) is 0 Å². The fourth-order valence-corrected chi connectivity index (χ4v) is 4.05. The van der Waals surface area contributed by atoms with Crippen LogP contribution in [-0.2, 0) is 10.0 Å². The molecule has 4 nitrogen and oxygen atoms in total. The quantitative estimate of drug-likeness (QED) is 0.828. The van der Waals surface area contributed by atoms with Crippen LogP contribution in [0.3, 0.4) is 0 Å². The zero-order valence-corrected chi connectivity index (χ0v) is 12.1. The highest BCUT2D eigenvalue weighted by molar-refractivity contribution is 7.89. The second-order valence-corrected chi connectivity index (χ2v) is 6.90. The summed E-state index contributed by atoms with van der Waals surface area (Å²) in [5.74, 6) is -2.19. The van der Waals surface area contributed by atoms with Gasteiger partial charge in [-0.3, -0.25) is 0 Å². The zero-order valence-electron chi connectivity index (χ0n) is 10.5. The Hall–Kier alpha value is -1.12. The SMILES string of the molecule is NC(=S)C1CCCC1NS(=O)(=O)c1ccc(F)cc1F. The van der Waals surface area contributed by atoms with E-state index < -0.39 is 32.6 Å². The van der Waals surface area contributed by atoms with Crippen molar-refractivity contribution in [3.63, 3.8) is 0 Å². The van der Waals surface area contributed by atoms with Crippen LogP contribution in [0.2, 0.25) is 0 Å². The van der Waals surface area contributed by atoms with Crippen molar-refractivity contribution in [1.82, 2.24) is 4.72 Å². The highest BCUT2D eigenvalue weighted by atomic mass is 32.2. The summed E-state index contributed by atoms with van der Waals surface area (Å²) in [6, 6.07) is 1.89. The van der Waals surface area contributed by atoms with Gasteiger partial charge in [0.2, 0.25) is 10.0 Å². The highest BCUT2D eigenvalue weighted by Crippen LogP contribution is 2.27. The second kappa shape index (κ2) is 5.71. The normalized spacial score (nSPS) is 22.9. The van der Waals surface area contributed by atoms with Gasteiger partial charge in [0, 0.05) is 18.0 Å². The number of nitrogens with two attached hydrogens (primary N) is 1. The van der Waals surface area contributed by atoms with E-state index in [2.05, 4.69) is 4.72 Å². The van der Waals surface area contributed by atoms with Crippen LogP contribution in [0.4, 0.5) is 8.78 Å². The lowest BCUT2D eigenvalue weighted by Crippen LogP contribution is -2.41. The zero-order chi connectivity index (χ0) is 14.9. The average molecular weight is 320 g/mol. The highest BCUT2D eigenvalue weighted by Gasteiger charge is 2.33. The second-order valence-electron chi connectivity index (χ2n) is 4.74. The number of benzene rings is 1. The first-order valence-corrected chi connectivity index (χ1v) is 7.97. The number of hydrogen-bond donors (Lipinski definition) is 2. The van der Waals surface area contributed by atoms with E-state index in [1.807, 2.05) is 0 Å². The minimum Gasteiger partial charge on any atom is -0.393 e. The minimum atomic E-state index is -4.06. The standard InChI is InChI=1S/C12H14F2N2O2S2/c13-7-4-5-11(9(14)6-7)20(17,18)16-10-3-1-2-8(10)12(15)19/h4-6,8,10,16H,1-3H2,(H2,15,19). The van der Waals surface area contributed by atoms with E-state index in [0.717, 1.165) is 18.6 Å². The first-order valence-electron chi connectivity index (χ1n) is 6.08. The lowest BCUT2D eigenvalue weighted by Gasteiger charge is -2.20. The molecule has 0 saturated heterocycles. The van der Waals surface area contributed by atoms with Crippen molar-refractivity contribution < 1.29 is 17.2 Å². The van der Waals surface area contributed by atoms with Crippen LogP contribution in [0, 0.1) is 17.6 Å². The molecule has 0 heterocycles. The third-order valence-electron chi connectivity index (χ3n) is 3.37. The van der Waals surface area contributed by atoms with Crippen LogP contribution < -0.4 is 10.5 Å². The number of hydrogen-bond acceptors (Lipinski definition) is 3. The van der Waals surface area contributed by atoms with Gasteiger partial charge < -0.3 is 5.73 Å². The molecule has 8 heteroatoms. The smallest absolute Gasteiger partial charge is 0.243 e. The Kier molecular flexibility index (Phi) is 4.36. The van der Waals surface area contributed by atoms with Crippen LogP contribution in [-0.4, -0.2) is 19.4 Å². The molecule has 0 aromatic heterocycles. The third kappa shape index (κ3) is 3.13. The van der Waals surface area contributed by atoms with E-state index in [9.17, 15) is 17.2 Å². The molecule has 2 unspecified atom stereocenters. The van der Waals surface area contributed by atoms with Crippen LogP contribution in [0.15, 0.2) is 23.1 Å². The monoisotopic (exact) mass is 320 g/mol. The predicted molar refractivity (Wildman–Crippen MR) is 74.6 cm³/mol. The first kappa shape index (κ1) is 15.3. The molecule has 1 aliphatic carbocycles. The summed E-state index contributed by atoms with van der Waals surface area (Å²) in [7, 11) is -4.06. The summed E-state index contributed by atoms with van der Waals surface area (Å²) in [6.45, 7) is 0. The largest absolute Gasteiger partial charge is 0.393 e. The Morgan fingerprint density at radius 2 is 2.05 bits per heavy atom. The fraction of sp³-hybridized carbons (Fsp3) is 0.417. The number of thiocarbonyl (C=S) groups is 1. The van der Waals surface area contributed by atoms with E-state index in [0.29, 0.717) is 18.9 Å². The van der Waals surface area contributed by atoms with Crippen LogP contribution in [0.1, 0.15) is 19.3 Å². The summed E-state index contributed by atoms with van der Waals surface area (Å²) in [5.41, 5.74) is 5.57. The Morgan fingerprint density at radius 1 is 1.35 bits per heavy atom. The molecule has 1 saturated carbocycles. The van der Waals surface area contributed by atoms with Gasteiger partial charge in [0.05, 0.1) is 4.99 Å². The Labute approximate surface area is 121 Å². The maximum Gasteiger partial charge on any atom is 0.243 e. The van der Waals surface area contributed by atoms with Crippen molar-refractivity contribution in [3.05, 3.63) is 29.8 Å². The van der Waals surface area contributed by atoms with Crippen LogP contribution in [0.25, 0.3) is 0 Å². The summed E-state index contributed by atoms with van der Waals surface area (Å²) in [6.07, 6.45) is 2.08. The average Bonchev–Trinajstić information content (AvgIpc) is 2.75. The van der Waals surface area contributed by atoms with Crippen LogP contribution >= 0.6 is 12.2 Å². The molecule has 20 heavy (non-hydrogen) atoms.